The number of anilines is 1. The highest BCUT2D eigenvalue weighted by molar-refractivity contribution is 7.20. The molecule has 0 bridgehead atoms. The third-order valence-electron chi connectivity index (χ3n) is 5.74. The van der Waals surface area contributed by atoms with Crippen LogP contribution >= 0.6 is 11.3 Å². The predicted molar refractivity (Wildman–Crippen MR) is 121 cm³/mol. The zero-order valence-corrected chi connectivity index (χ0v) is 17.7. The lowest BCUT2D eigenvalue weighted by molar-refractivity contribution is 0.623. The summed E-state index contributed by atoms with van der Waals surface area (Å²) in [6, 6.07) is 14.6. The van der Waals surface area contributed by atoms with Gasteiger partial charge in [-0.25, -0.2) is 14.5 Å². The standard InChI is InChI=1S/C23H21N7S/c1-2-5-17(6-3-1)8-11-29-16-25-20-14-28(12-9-21(20)29)23-27-30-15-19(26-22(30)31-23)18-7-4-10-24-13-18/h1-7,10,13,15-16H,8-9,11-12,14H2. The second-order valence-corrected chi connectivity index (χ2v) is 8.65. The molecule has 0 amide bonds. The van der Waals surface area contributed by atoms with Gasteiger partial charge in [0, 0.05) is 43.2 Å². The number of rotatable bonds is 5. The van der Waals surface area contributed by atoms with Crippen molar-refractivity contribution in [2.45, 2.75) is 25.9 Å². The molecule has 0 unspecified atom stereocenters. The summed E-state index contributed by atoms with van der Waals surface area (Å²) in [6.45, 7) is 2.70. The molecule has 0 saturated heterocycles. The van der Waals surface area contributed by atoms with Crippen LogP contribution in [0.25, 0.3) is 16.2 Å². The minimum absolute atomic E-state index is 0.791. The molecule has 7 nitrogen and oxygen atoms in total. The van der Waals surface area contributed by atoms with Crippen LogP contribution in [-0.4, -0.2) is 35.7 Å². The maximum Gasteiger partial charge on any atom is 0.214 e. The molecule has 5 heterocycles. The van der Waals surface area contributed by atoms with Crippen molar-refractivity contribution in [2.24, 2.45) is 0 Å². The molecule has 5 aromatic rings. The maximum atomic E-state index is 4.78. The minimum atomic E-state index is 0.791. The van der Waals surface area contributed by atoms with Crippen molar-refractivity contribution in [3.63, 3.8) is 0 Å². The first-order valence-electron chi connectivity index (χ1n) is 10.4. The molecule has 4 aromatic heterocycles. The monoisotopic (exact) mass is 427 g/mol. The zero-order valence-electron chi connectivity index (χ0n) is 16.9. The summed E-state index contributed by atoms with van der Waals surface area (Å²) in [5, 5.41) is 5.77. The van der Waals surface area contributed by atoms with Crippen molar-refractivity contribution >= 4 is 21.4 Å². The van der Waals surface area contributed by atoms with Crippen LogP contribution in [0, 0.1) is 0 Å². The summed E-state index contributed by atoms with van der Waals surface area (Å²) in [6.07, 6.45) is 9.56. The first kappa shape index (κ1) is 18.3. The van der Waals surface area contributed by atoms with Gasteiger partial charge in [0.25, 0.3) is 0 Å². The van der Waals surface area contributed by atoms with E-state index in [4.69, 9.17) is 15.1 Å². The smallest absolute Gasteiger partial charge is 0.214 e. The number of pyridine rings is 1. The van der Waals surface area contributed by atoms with Crippen LogP contribution in [0.2, 0.25) is 0 Å². The average Bonchev–Trinajstić information content (AvgIpc) is 3.52. The van der Waals surface area contributed by atoms with Gasteiger partial charge in [0.15, 0.2) is 0 Å². The van der Waals surface area contributed by atoms with E-state index < -0.39 is 0 Å². The molecule has 0 N–H and O–H groups in total. The lowest BCUT2D eigenvalue weighted by atomic mass is 10.1. The summed E-state index contributed by atoms with van der Waals surface area (Å²) in [7, 11) is 0. The Morgan fingerprint density at radius 1 is 1.06 bits per heavy atom. The van der Waals surface area contributed by atoms with E-state index in [0.717, 1.165) is 59.5 Å². The van der Waals surface area contributed by atoms with E-state index >= 15 is 0 Å². The number of benzene rings is 1. The summed E-state index contributed by atoms with van der Waals surface area (Å²) in [5.41, 5.74) is 5.77. The molecule has 154 valence electrons. The van der Waals surface area contributed by atoms with E-state index in [2.05, 4.69) is 44.8 Å². The minimum Gasteiger partial charge on any atom is -0.340 e. The van der Waals surface area contributed by atoms with E-state index in [-0.39, 0.29) is 0 Å². The molecule has 8 heteroatoms. The van der Waals surface area contributed by atoms with Crippen LogP contribution < -0.4 is 4.90 Å². The van der Waals surface area contributed by atoms with Crippen molar-refractivity contribution in [3.05, 3.63) is 84.3 Å². The predicted octanol–water partition coefficient (Wildman–Crippen LogP) is 3.85. The number of aromatic nitrogens is 6. The Kier molecular flexibility index (Phi) is 4.49. The molecule has 31 heavy (non-hydrogen) atoms. The quantitative estimate of drug-likeness (QED) is 0.426. The van der Waals surface area contributed by atoms with Crippen LogP contribution in [-0.2, 0) is 25.9 Å². The van der Waals surface area contributed by atoms with Crippen LogP contribution in [0.5, 0.6) is 0 Å². The van der Waals surface area contributed by atoms with Gasteiger partial charge in [0.2, 0.25) is 10.1 Å². The summed E-state index contributed by atoms with van der Waals surface area (Å²) in [5.74, 6) is 0. The first-order chi connectivity index (χ1) is 15.3. The van der Waals surface area contributed by atoms with Gasteiger partial charge in [-0.05, 0) is 24.1 Å². The zero-order chi connectivity index (χ0) is 20.6. The Morgan fingerprint density at radius 3 is 2.84 bits per heavy atom. The fourth-order valence-electron chi connectivity index (χ4n) is 4.09. The Hall–Kier alpha value is -3.52. The second-order valence-electron chi connectivity index (χ2n) is 7.72. The van der Waals surface area contributed by atoms with Gasteiger partial charge >= 0.3 is 0 Å². The average molecular weight is 428 g/mol. The molecule has 1 aliphatic heterocycles. The number of imidazole rings is 2. The molecule has 0 saturated carbocycles. The van der Waals surface area contributed by atoms with Crippen LogP contribution in [0.3, 0.4) is 0 Å². The van der Waals surface area contributed by atoms with Crippen molar-refractivity contribution in [1.82, 2.24) is 29.1 Å². The molecular weight excluding hydrogens is 406 g/mol. The summed E-state index contributed by atoms with van der Waals surface area (Å²) in [4.78, 5) is 16.8. The number of nitrogens with zero attached hydrogens (tertiary/aromatic N) is 7. The van der Waals surface area contributed by atoms with Crippen molar-refractivity contribution in [3.8, 4) is 11.3 Å². The Labute approximate surface area is 183 Å². The number of hydrogen-bond acceptors (Lipinski definition) is 6. The van der Waals surface area contributed by atoms with E-state index in [9.17, 15) is 0 Å². The van der Waals surface area contributed by atoms with E-state index in [1.807, 2.05) is 35.4 Å². The Balaban J connectivity index is 1.18. The molecule has 0 fully saturated rings. The first-order valence-corrected chi connectivity index (χ1v) is 11.2. The van der Waals surface area contributed by atoms with Crippen LogP contribution in [0.1, 0.15) is 17.0 Å². The van der Waals surface area contributed by atoms with Gasteiger partial charge in [-0.3, -0.25) is 4.98 Å². The fraction of sp³-hybridized carbons (Fsp3) is 0.217. The maximum absolute atomic E-state index is 4.78. The summed E-state index contributed by atoms with van der Waals surface area (Å²) >= 11 is 1.62. The van der Waals surface area contributed by atoms with E-state index in [1.165, 1.54) is 11.3 Å². The highest BCUT2D eigenvalue weighted by Crippen LogP contribution is 2.29. The lowest BCUT2D eigenvalue weighted by Gasteiger charge is -2.26. The van der Waals surface area contributed by atoms with Gasteiger partial charge < -0.3 is 9.47 Å². The number of hydrogen-bond donors (Lipinski definition) is 0. The third kappa shape index (κ3) is 3.48. The van der Waals surface area contributed by atoms with Gasteiger partial charge in [0.1, 0.15) is 0 Å². The molecule has 0 spiro atoms. The third-order valence-corrected chi connectivity index (χ3v) is 6.72. The molecule has 1 aromatic carbocycles. The largest absolute Gasteiger partial charge is 0.340 e. The van der Waals surface area contributed by atoms with E-state index in [1.54, 1.807) is 17.5 Å². The second kappa shape index (κ2) is 7.63. The van der Waals surface area contributed by atoms with Crippen molar-refractivity contribution in [2.75, 3.05) is 11.4 Å². The Bertz CT molecular complexity index is 1290. The van der Waals surface area contributed by atoms with Crippen LogP contribution in [0.4, 0.5) is 5.13 Å². The lowest BCUT2D eigenvalue weighted by Crippen LogP contribution is -2.31. The molecular formula is C23H21N7S. The van der Waals surface area contributed by atoms with Crippen molar-refractivity contribution < 1.29 is 0 Å². The van der Waals surface area contributed by atoms with Crippen LogP contribution in [0.15, 0.2) is 67.4 Å². The molecule has 0 atom stereocenters. The molecule has 6 rings (SSSR count). The normalized spacial score (nSPS) is 13.6. The molecule has 1 aliphatic rings. The Morgan fingerprint density at radius 2 is 2.00 bits per heavy atom. The number of fused-ring (bicyclic) bond motifs is 2. The van der Waals surface area contributed by atoms with Crippen molar-refractivity contribution in [1.29, 1.82) is 0 Å². The summed E-state index contributed by atoms with van der Waals surface area (Å²) < 4.78 is 4.19. The van der Waals surface area contributed by atoms with Gasteiger partial charge in [-0.1, -0.05) is 41.7 Å². The SMILES string of the molecule is c1ccc(CCn2cnc3c2CCN(c2nn4cc(-c5cccnc5)nc4s2)C3)cc1. The topological polar surface area (TPSA) is 64.1 Å². The molecule has 0 aliphatic carbocycles. The number of aryl methyl sites for hydroxylation is 2. The van der Waals surface area contributed by atoms with Gasteiger partial charge in [-0.2, -0.15) is 0 Å². The highest BCUT2D eigenvalue weighted by Gasteiger charge is 2.24. The van der Waals surface area contributed by atoms with Gasteiger partial charge in [0.05, 0.1) is 30.5 Å². The molecule has 0 radical (unpaired) electrons. The fourth-order valence-corrected chi connectivity index (χ4v) is 5.00. The van der Waals surface area contributed by atoms with E-state index in [0.29, 0.717) is 0 Å². The van der Waals surface area contributed by atoms with Gasteiger partial charge in [-0.15, -0.1) is 5.10 Å². The highest BCUT2D eigenvalue weighted by atomic mass is 32.1.